The topological polar surface area (TPSA) is 123 Å². The molecule has 1 aromatic rings. The third-order valence-electron chi connectivity index (χ3n) is 2.23. The predicted octanol–water partition coefficient (Wildman–Crippen LogP) is -1.38. The van der Waals surface area contributed by atoms with Gasteiger partial charge in [-0.15, -0.1) is 10.2 Å². The summed E-state index contributed by atoms with van der Waals surface area (Å²) in [7, 11) is 1.76. The number of amides is 1. The van der Waals surface area contributed by atoms with Gasteiger partial charge >= 0.3 is 5.97 Å². The molecule has 8 nitrogen and oxygen atoms in total. The van der Waals surface area contributed by atoms with Gasteiger partial charge in [0.05, 0.1) is 12.6 Å². The number of carboxylic acids is 1. The van der Waals surface area contributed by atoms with Crippen molar-refractivity contribution in [1.82, 2.24) is 20.1 Å². The Morgan fingerprint density at radius 3 is 2.88 bits per heavy atom. The first kappa shape index (κ1) is 13.1. The molecule has 0 aliphatic rings. The number of rotatable bonds is 6. The molecule has 0 bridgehead atoms. The molecule has 0 fully saturated rings. The number of nitrogens with two attached hydrogens (primary N) is 1. The Hall–Kier alpha value is -1.96. The molecule has 1 atom stereocenters. The van der Waals surface area contributed by atoms with Crippen LogP contribution >= 0.6 is 0 Å². The lowest BCUT2D eigenvalue weighted by Crippen LogP contribution is -2.40. The molecule has 1 unspecified atom stereocenters. The lowest BCUT2D eigenvalue weighted by Gasteiger charge is -2.10. The van der Waals surface area contributed by atoms with Gasteiger partial charge in [-0.05, 0) is 6.42 Å². The highest BCUT2D eigenvalue weighted by Gasteiger charge is 2.15. The van der Waals surface area contributed by atoms with Gasteiger partial charge in [-0.3, -0.25) is 9.59 Å². The van der Waals surface area contributed by atoms with Gasteiger partial charge in [0.25, 0.3) is 0 Å². The summed E-state index contributed by atoms with van der Waals surface area (Å²) in [6.45, 7) is 0.218. The van der Waals surface area contributed by atoms with Crippen LogP contribution < -0.4 is 11.1 Å². The summed E-state index contributed by atoms with van der Waals surface area (Å²) in [6, 6.07) is -0.820. The summed E-state index contributed by atoms with van der Waals surface area (Å²) in [5, 5.41) is 18.5. The van der Waals surface area contributed by atoms with E-state index in [1.54, 1.807) is 11.6 Å². The third-order valence-corrected chi connectivity index (χ3v) is 2.23. The zero-order chi connectivity index (χ0) is 12.8. The van der Waals surface area contributed by atoms with E-state index in [1.165, 1.54) is 6.33 Å². The number of aromatic nitrogens is 3. The van der Waals surface area contributed by atoms with Crippen molar-refractivity contribution in [3.8, 4) is 0 Å². The summed E-state index contributed by atoms with van der Waals surface area (Å²) < 4.78 is 1.67. The maximum atomic E-state index is 11.5. The number of aliphatic carboxylic acids is 1. The van der Waals surface area contributed by atoms with Crippen molar-refractivity contribution in [2.45, 2.75) is 25.4 Å². The highest BCUT2D eigenvalue weighted by atomic mass is 16.4. The largest absolute Gasteiger partial charge is 0.481 e. The Kier molecular flexibility index (Phi) is 4.58. The molecule has 1 aromatic heterocycles. The summed E-state index contributed by atoms with van der Waals surface area (Å²) in [5.41, 5.74) is 5.52. The first-order chi connectivity index (χ1) is 8.00. The number of nitrogens with zero attached hydrogens (tertiary/aromatic N) is 3. The maximum absolute atomic E-state index is 11.5. The van der Waals surface area contributed by atoms with Crippen LogP contribution in [0.2, 0.25) is 0 Å². The van der Waals surface area contributed by atoms with Gasteiger partial charge in [0.2, 0.25) is 5.91 Å². The fourth-order valence-electron chi connectivity index (χ4n) is 1.17. The molecule has 0 radical (unpaired) electrons. The Bertz CT molecular complexity index is 403. The number of carboxylic acid groups (broad SMARTS) is 1. The molecule has 0 aliphatic carbocycles. The number of aryl methyl sites for hydroxylation is 1. The Morgan fingerprint density at radius 1 is 1.65 bits per heavy atom. The molecule has 0 aliphatic heterocycles. The predicted molar refractivity (Wildman–Crippen MR) is 57.7 cm³/mol. The van der Waals surface area contributed by atoms with Crippen molar-refractivity contribution in [1.29, 1.82) is 0 Å². The second-order valence-electron chi connectivity index (χ2n) is 3.61. The van der Waals surface area contributed by atoms with E-state index >= 15 is 0 Å². The van der Waals surface area contributed by atoms with Crippen molar-refractivity contribution < 1.29 is 14.7 Å². The lowest BCUT2D eigenvalue weighted by molar-refractivity contribution is -0.137. The van der Waals surface area contributed by atoms with Crippen LogP contribution in [0.15, 0.2) is 6.33 Å². The molecule has 1 heterocycles. The van der Waals surface area contributed by atoms with E-state index in [1.807, 2.05) is 0 Å². The van der Waals surface area contributed by atoms with Gasteiger partial charge in [-0.1, -0.05) is 0 Å². The molecule has 1 rings (SSSR count). The third kappa shape index (κ3) is 4.19. The number of hydrogen-bond donors (Lipinski definition) is 3. The molecule has 4 N–H and O–H groups in total. The Balaban J connectivity index is 2.34. The molecule has 94 valence electrons. The number of carbonyl (C=O) groups is 2. The van der Waals surface area contributed by atoms with E-state index in [9.17, 15) is 9.59 Å². The monoisotopic (exact) mass is 241 g/mol. The van der Waals surface area contributed by atoms with Crippen molar-refractivity contribution in [2.75, 3.05) is 0 Å². The van der Waals surface area contributed by atoms with Crippen LogP contribution in [0.25, 0.3) is 0 Å². The average molecular weight is 241 g/mol. The zero-order valence-electron chi connectivity index (χ0n) is 9.46. The van der Waals surface area contributed by atoms with E-state index in [4.69, 9.17) is 10.8 Å². The van der Waals surface area contributed by atoms with E-state index in [0.717, 1.165) is 0 Å². The highest BCUT2D eigenvalue weighted by Crippen LogP contribution is 1.96. The van der Waals surface area contributed by atoms with Crippen LogP contribution in [0, 0.1) is 0 Å². The van der Waals surface area contributed by atoms with Gasteiger partial charge < -0.3 is 20.7 Å². The van der Waals surface area contributed by atoms with Crippen LogP contribution in [0.4, 0.5) is 0 Å². The summed E-state index contributed by atoms with van der Waals surface area (Å²) in [4.78, 5) is 21.8. The smallest absolute Gasteiger partial charge is 0.303 e. The number of hydrogen-bond acceptors (Lipinski definition) is 5. The number of carbonyl (C=O) groups excluding carboxylic acids is 1. The summed E-state index contributed by atoms with van der Waals surface area (Å²) in [6.07, 6.45) is 1.50. The first-order valence-corrected chi connectivity index (χ1v) is 5.08. The van der Waals surface area contributed by atoms with Gasteiger partial charge in [0, 0.05) is 13.5 Å². The van der Waals surface area contributed by atoms with Gasteiger partial charge in [-0.25, -0.2) is 0 Å². The lowest BCUT2D eigenvalue weighted by atomic mass is 10.1. The van der Waals surface area contributed by atoms with Crippen LogP contribution in [0.5, 0.6) is 0 Å². The SMILES string of the molecule is Cn1cnnc1CNC(=O)C(N)CCC(=O)O. The molecule has 0 spiro atoms. The maximum Gasteiger partial charge on any atom is 0.303 e. The van der Waals surface area contributed by atoms with Crippen molar-refractivity contribution >= 4 is 11.9 Å². The average Bonchev–Trinajstić information content (AvgIpc) is 2.68. The summed E-state index contributed by atoms with van der Waals surface area (Å²) >= 11 is 0. The molecule has 0 saturated heterocycles. The van der Waals surface area contributed by atoms with Gasteiger partial charge in [0.15, 0.2) is 5.82 Å². The Morgan fingerprint density at radius 2 is 2.35 bits per heavy atom. The van der Waals surface area contributed by atoms with Gasteiger partial charge in [-0.2, -0.15) is 0 Å². The minimum Gasteiger partial charge on any atom is -0.481 e. The van der Waals surface area contributed by atoms with Crippen molar-refractivity contribution in [3.63, 3.8) is 0 Å². The van der Waals surface area contributed by atoms with Gasteiger partial charge in [0.1, 0.15) is 6.33 Å². The van der Waals surface area contributed by atoms with Crippen LogP contribution in [-0.2, 0) is 23.2 Å². The first-order valence-electron chi connectivity index (χ1n) is 5.08. The fraction of sp³-hybridized carbons (Fsp3) is 0.556. The summed E-state index contributed by atoms with van der Waals surface area (Å²) in [5.74, 6) is -0.764. The van der Waals surface area contributed by atoms with Crippen LogP contribution in [0.1, 0.15) is 18.7 Å². The molecule has 17 heavy (non-hydrogen) atoms. The second kappa shape index (κ2) is 5.94. The van der Waals surface area contributed by atoms with E-state index in [-0.39, 0.29) is 19.4 Å². The molecule has 0 aromatic carbocycles. The number of nitrogens with one attached hydrogen (secondary N) is 1. The minimum absolute atomic E-state index is 0.111. The van der Waals surface area contributed by atoms with Crippen molar-refractivity contribution in [2.24, 2.45) is 12.8 Å². The quantitative estimate of drug-likeness (QED) is 0.564. The fourth-order valence-corrected chi connectivity index (χ4v) is 1.17. The van der Waals surface area contributed by atoms with E-state index in [2.05, 4.69) is 15.5 Å². The van der Waals surface area contributed by atoms with Crippen molar-refractivity contribution in [3.05, 3.63) is 12.2 Å². The zero-order valence-corrected chi connectivity index (χ0v) is 9.46. The molecule has 0 saturated carbocycles. The minimum atomic E-state index is -0.971. The highest BCUT2D eigenvalue weighted by molar-refractivity contribution is 5.82. The molecular formula is C9H15N5O3. The normalized spacial score (nSPS) is 12.1. The Labute approximate surface area is 97.8 Å². The standard InChI is InChI=1S/C9H15N5O3/c1-14-5-12-13-7(14)4-11-9(17)6(10)2-3-8(15)16/h5-6H,2-4,10H2,1H3,(H,11,17)(H,15,16). The second-order valence-corrected chi connectivity index (χ2v) is 3.61. The van der Waals surface area contributed by atoms with E-state index < -0.39 is 17.9 Å². The molecule has 8 heteroatoms. The molecule has 1 amide bonds. The van der Waals surface area contributed by atoms with Crippen LogP contribution in [-0.4, -0.2) is 37.8 Å². The molecular weight excluding hydrogens is 226 g/mol. The van der Waals surface area contributed by atoms with Crippen LogP contribution in [0.3, 0.4) is 0 Å². The van der Waals surface area contributed by atoms with E-state index in [0.29, 0.717) is 5.82 Å².